The number of aryl methyl sites for hydroxylation is 1. The number of ether oxygens (including phenoxy) is 1. The summed E-state index contributed by atoms with van der Waals surface area (Å²) in [5.41, 5.74) is 1.99. The van der Waals surface area contributed by atoms with Gasteiger partial charge in [-0.3, -0.25) is 4.79 Å². The fourth-order valence-electron chi connectivity index (χ4n) is 3.33. The highest BCUT2D eigenvalue weighted by Gasteiger charge is 2.38. The van der Waals surface area contributed by atoms with Crippen LogP contribution in [0.25, 0.3) is 11.4 Å². The number of carbonyl (C=O) groups is 1. The Balaban J connectivity index is 1.42. The molecule has 4 rings (SSSR count). The Hall–Kier alpha value is -3.36. The van der Waals surface area contributed by atoms with Gasteiger partial charge in [0.25, 0.3) is 5.91 Å². The predicted molar refractivity (Wildman–Crippen MR) is 101 cm³/mol. The summed E-state index contributed by atoms with van der Waals surface area (Å²) in [5, 5.41) is 3.39. The second-order valence-electron chi connectivity index (χ2n) is 7.10. The van der Waals surface area contributed by atoms with Crippen LogP contribution in [0.15, 0.2) is 53.1 Å². The van der Waals surface area contributed by atoms with Gasteiger partial charge < -0.3 is 14.2 Å². The third-order valence-corrected chi connectivity index (χ3v) is 4.76. The third kappa shape index (κ3) is 4.29. The molecule has 0 unspecified atom stereocenters. The summed E-state index contributed by atoms with van der Waals surface area (Å²) in [6, 6.07) is 13.9. The van der Waals surface area contributed by atoms with Gasteiger partial charge in [0.15, 0.2) is 0 Å². The number of rotatable bonds is 4. The van der Waals surface area contributed by atoms with Gasteiger partial charge in [0.1, 0.15) is 11.9 Å². The molecule has 1 aromatic heterocycles. The summed E-state index contributed by atoms with van der Waals surface area (Å²) in [6.45, 7) is 2.93. The van der Waals surface area contributed by atoms with Crippen molar-refractivity contribution in [3.63, 3.8) is 0 Å². The maximum atomic E-state index is 12.7. The molecule has 3 aromatic rings. The molecule has 9 heteroatoms. The monoisotopic (exact) mass is 417 g/mol. The fourth-order valence-corrected chi connectivity index (χ4v) is 3.33. The number of halogens is 3. The molecule has 6 nitrogen and oxygen atoms in total. The lowest BCUT2D eigenvalue weighted by Gasteiger charge is -2.18. The first-order valence-electron chi connectivity index (χ1n) is 9.33. The largest absolute Gasteiger partial charge is 0.488 e. The second-order valence-corrected chi connectivity index (χ2v) is 7.10. The predicted octanol–water partition coefficient (Wildman–Crippen LogP) is 4.36. The highest BCUT2D eigenvalue weighted by molar-refractivity contribution is 5.94. The van der Waals surface area contributed by atoms with Gasteiger partial charge >= 0.3 is 12.1 Å². The number of hydrogen-bond acceptors (Lipinski definition) is 5. The van der Waals surface area contributed by atoms with Crippen LogP contribution in [0.1, 0.15) is 28.2 Å². The molecule has 0 spiro atoms. The Morgan fingerprint density at radius 1 is 1.20 bits per heavy atom. The van der Waals surface area contributed by atoms with Crippen molar-refractivity contribution in [2.75, 3.05) is 13.1 Å². The Bertz CT molecular complexity index is 1060. The zero-order valence-corrected chi connectivity index (χ0v) is 16.0. The smallest absolute Gasteiger partial charge is 0.471 e. The molecule has 0 radical (unpaired) electrons. The minimum absolute atomic E-state index is 0.0509. The van der Waals surface area contributed by atoms with Crippen LogP contribution < -0.4 is 4.74 Å². The topological polar surface area (TPSA) is 68.5 Å². The molecule has 1 aliphatic heterocycles. The summed E-state index contributed by atoms with van der Waals surface area (Å²) in [5.74, 6) is -1.16. The number of hydrogen-bond donors (Lipinski definition) is 0. The van der Waals surface area contributed by atoms with Gasteiger partial charge in [-0.05, 0) is 31.2 Å². The third-order valence-electron chi connectivity index (χ3n) is 4.76. The van der Waals surface area contributed by atoms with Crippen LogP contribution in [0.2, 0.25) is 0 Å². The Kier molecular flexibility index (Phi) is 5.19. The molecule has 2 aromatic carbocycles. The molecule has 1 atom stereocenters. The minimum Gasteiger partial charge on any atom is -0.488 e. The van der Waals surface area contributed by atoms with Crippen molar-refractivity contribution in [3.8, 4) is 17.1 Å². The quantitative estimate of drug-likeness (QED) is 0.631. The molecular formula is C21H18F3N3O3. The number of carbonyl (C=O) groups excluding carboxylic acids is 1. The van der Waals surface area contributed by atoms with E-state index < -0.39 is 12.1 Å². The van der Waals surface area contributed by atoms with Crippen molar-refractivity contribution in [2.24, 2.45) is 0 Å². The van der Waals surface area contributed by atoms with Crippen LogP contribution in [0.4, 0.5) is 13.2 Å². The van der Waals surface area contributed by atoms with Crippen molar-refractivity contribution in [1.82, 2.24) is 15.0 Å². The van der Waals surface area contributed by atoms with Gasteiger partial charge in [0.2, 0.25) is 5.82 Å². The van der Waals surface area contributed by atoms with Crippen LogP contribution >= 0.6 is 0 Å². The van der Waals surface area contributed by atoms with Gasteiger partial charge in [-0.2, -0.15) is 18.2 Å². The summed E-state index contributed by atoms with van der Waals surface area (Å²) >= 11 is 0. The van der Waals surface area contributed by atoms with E-state index in [9.17, 15) is 18.0 Å². The van der Waals surface area contributed by atoms with E-state index in [2.05, 4.69) is 14.7 Å². The lowest BCUT2D eigenvalue weighted by atomic mass is 10.1. The van der Waals surface area contributed by atoms with Crippen LogP contribution in [-0.2, 0) is 6.18 Å². The van der Waals surface area contributed by atoms with E-state index >= 15 is 0 Å². The van der Waals surface area contributed by atoms with E-state index in [1.54, 1.807) is 35.2 Å². The van der Waals surface area contributed by atoms with Crippen molar-refractivity contribution in [1.29, 1.82) is 0 Å². The fraction of sp³-hybridized carbons (Fsp3) is 0.286. The number of nitrogens with zero attached hydrogens (tertiary/aromatic N) is 3. The van der Waals surface area contributed by atoms with Crippen LogP contribution in [-0.4, -0.2) is 40.1 Å². The average molecular weight is 417 g/mol. The lowest BCUT2D eigenvalue weighted by molar-refractivity contribution is -0.159. The molecule has 2 heterocycles. The number of benzene rings is 2. The van der Waals surface area contributed by atoms with E-state index in [-0.39, 0.29) is 17.8 Å². The number of aromatic nitrogens is 2. The zero-order chi connectivity index (χ0) is 21.3. The molecule has 1 fully saturated rings. The molecule has 1 amide bonds. The summed E-state index contributed by atoms with van der Waals surface area (Å²) in [6.07, 6.45) is -4.26. The van der Waals surface area contributed by atoms with E-state index in [1.807, 2.05) is 25.1 Å². The molecule has 0 N–H and O–H groups in total. The minimum atomic E-state index is -4.70. The summed E-state index contributed by atoms with van der Waals surface area (Å²) in [4.78, 5) is 17.8. The first-order chi connectivity index (χ1) is 14.3. The number of amides is 1. The SMILES string of the molecule is Cc1cccc(C(=O)N2CC[C@H](Oc3cccc(-c4noc(C(F)(F)F)n4)c3)C2)c1. The Labute approximate surface area is 170 Å². The maximum absolute atomic E-state index is 12.7. The molecule has 1 aliphatic rings. The summed E-state index contributed by atoms with van der Waals surface area (Å²) in [7, 11) is 0. The lowest BCUT2D eigenvalue weighted by Crippen LogP contribution is -2.30. The second kappa shape index (κ2) is 7.81. The van der Waals surface area contributed by atoms with Crippen LogP contribution in [0, 0.1) is 6.92 Å². The average Bonchev–Trinajstić information content (AvgIpc) is 3.37. The highest BCUT2D eigenvalue weighted by atomic mass is 19.4. The van der Waals surface area contributed by atoms with E-state index in [0.29, 0.717) is 36.4 Å². The van der Waals surface area contributed by atoms with Gasteiger partial charge in [0.05, 0.1) is 6.54 Å². The molecular weight excluding hydrogens is 399 g/mol. The van der Waals surface area contributed by atoms with Crippen molar-refractivity contribution < 1.29 is 27.2 Å². The van der Waals surface area contributed by atoms with Gasteiger partial charge in [-0.25, -0.2) is 0 Å². The molecule has 0 saturated carbocycles. The van der Waals surface area contributed by atoms with Gasteiger partial charge in [-0.15, -0.1) is 0 Å². The Morgan fingerprint density at radius 2 is 2.00 bits per heavy atom. The number of likely N-dealkylation sites (tertiary alicyclic amines) is 1. The summed E-state index contributed by atoms with van der Waals surface area (Å²) < 4.78 is 48.2. The van der Waals surface area contributed by atoms with E-state index in [1.165, 1.54) is 0 Å². The first-order valence-corrected chi connectivity index (χ1v) is 9.33. The van der Waals surface area contributed by atoms with Crippen LogP contribution in [0.3, 0.4) is 0 Å². The Morgan fingerprint density at radius 3 is 2.73 bits per heavy atom. The van der Waals surface area contributed by atoms with Gasteiger partial charge in [0, 0.05) is 24.1 Å². The first kappa shape index (κ1) is 19.9. The zero-order valence-electron chi connectivity index (χ0n) is 16.0. The van der Waals surface area contributed by atoms with E-state index in [0.717, 1.165) is 5.56 Å². The standard InChI is InChI=1S/C21H18F3N3O3/c1-13-4-2-6-15(10-13)19(28)27-9-8-17(12-27)29-16-7-3-5-14(11-16)18-25-20(30-26-18)21(22,23)24/h2-7,10-11,17H,8-9,12H2,1H3/t17-/m0/s1. The van der Waals surface area contributed by atoms with Gasteiger partial charge in [-0.1, -0.05) is 35.0 Å². The number of alkyl halides is 3. The van der Waals surface area contributed by atoms with Crippen molar-refractivity contribution >= 4 is 5.91 Å². The molecule has 156 valence electrons. The highest BCUT2D eigenvalue weighted by Crippen LogP contribution is 2.30. The van der Waals surface area contributed by atoms with Crippen LogP contribution in [0.5, 0.6) is 5.75 Å². The molecule has 0 aliphatic carbocycles. The normalized spacial score (nSPS) is 16.7. The molecule has 0 bridgehead atoms. The molecule has 1 saturated heterocycles. The van der Waals surface area contributed by atoms with Crippen molar-refractivity contribution in [3.05, 3.63) is 65.5 Å². The van der Waals surface area contributed by atoms with Crippen molar-refractivity contribution in [2.45, 2.75) is 25.6 Å². The maximum Gasteiger partial charge on any atom is 0.471 e. The van der Waals surface area contributed by atoms with E-state index in [4.69, 9.17) is 4.74 Å². The molecule has 30 heavy (non-hydrogen) atoms.